The molecule has 13 heteroatoms. The van der Waals surface area contributed by atoms with Gasteiger partial charge in [0.05, 0.1) is 23.9 Å². The molecule has 188 valence electrons. The maximum Gasteiger partial charge on any atom is 0.416 e. The molecule has 1 fully saturated rings. The Morgan fingerprint density at radius 3 is 2.31 bits per heavy atom. The van der Waals surface area contributed by atoms with Crippen LogP contribution in [0.25, 0.3) is 11.1 Å². The maximum absolute atomic E-state index is 14.8. The first kappa shape index (κ1) is 24.8. The second-order valence-corrected chi connectivity index (χ2v) is 8.12. The predicted molar refractivity (Wildman–Crippen MR) is 115 cm³/mol. The molecule has 8 nitrogen and oxygen atoms in total. The molecular weight excluding hydrogens is 489 g/mol. The second-order valence-electron chi connectivity index (χ2n) is 8.12. The summed E-state index contributed by atoms with van der Waals surface area (Å²) in [5.74, 6) is -4.48. The first-order valence-corrected chi connectivity index (χ1v) is 10.4. The molecule has 2 heterocycles. The van der Waals surface area contributed by atoms with Crippen LogP contribution in [-0.2, 0) is 23.6 Å². The van der Waals surface area contributed by atoms with Crippen LogP contribution in [0.2, 0.25) is 0 Å². The Kier molecular flexibility index (Phi) is 6.02. The van der Waals surface area contributed by atoms with Gasteiger partial charge in [-0.1, -0.05) is 12.1 Å². The molecular formula is C23H18F5N5O3. The van der Waals surface area contributed by atoms with Crippen LogP contribution in [0.3, 0.4) is 0 Å². The number of alkyl halides is 3. The Labute approximate surface area is 200 Å². The third-order valence-corrected chi connectivity index (χ3v) is 5.99. The quantitative estimate of drug-likeness (QED) is 0.365. The molecule has 1 atom stereocenters. The molecule has 0 aliphatic carbocycles. The van der Waals surface area contributed by atoms with Crippen molar-refractivity contribution < 1.29 is 36.3 Å². The lowest BCUT2D eigenvalue weighted by atomic mass is 9.90. The summed E-state index contributed by atoms with van der Waals surface area (Å²) in [4.78, 5) is 37.8. The van der Waals surface area contributed by atoms with E-state index in [1.54, 1.807) is 14.0 Å². The number of imide groups is 1. The number of amides is 4. The molecule has 1 saturated heterocycles. The minimum absolute atomic E-state index is 0.171. The van der Waals surface area contributed by atoms with Crippen molar-refractivity contribution >= 4 is 17.8 Å². The molecule has 1 aliphatic rings. The summed E-state index contributed by atoms with van der Waals surface area (Å²) in [6, 6.07) is 4.06. The predicted octanol–water partition coefficient (Wildman–Crippen LogP) is 3.16. The summed E-state index contributed by atoms with van der Waals surface area (Å²) >= 11 is 0. The number of nitrogens with one attached hydrogen (secondary N) is 3. The Bertz CT molecular complexity index is 1380. The average molecular weight is 507 g/mol. The van der Waals surface area contributed by atoms with Crippen molar-refractivity contribution in [3.8, 4) is 11.1 Å². The summed E-state index contributed by atoms with van der Waals surface area (Å²) in [5, 5.41) is 11.1. The van der Waals surface area contributed by atoms with Crippen LogP contribution in [0, 0.1) is 18.6 Å². The van der Waals surface area contributed by atoms with Gasteiger partial charge in [-0.05, 0) is 36.8 Å². The van der Waals surface area contributed by atoms with Crippen molar-refractivity contribution in [1.29, 1.82) is 0 Å². The number of benzene rings is 2. The van der Waals surface area contributed by atoms with E-state index < -0.39 is 64.4 Å². The molecule has 3 aromatic rings. The number of urea groups is 1. The van der Waals surface area contributed by atoms with Crippen LogP contribution in [0.15, 0.2) is 42.6 Å². The Morgan fingerprint density at radius 1 is 1.11 bits per heavy atom. The lowest BCUT2D eigenvalue weighted by Crippen LogP contribution is -2.52. The number of aromatic nitrogens is 2. The molecule has 0 spiro atoms. The molecule has 0 saturated carbocycles. The monoisotopic (exact) mass is 507 g/mol. The lowest BCUT2D eigenvalue weighted by molar-refractivity contribution is -0.137. The van der Waals surface area contributed by atoms with E-state index in [0.717, 1.165) is 18.2 Å². The molecule has 1 aromatic heterocycles. The standard InChI is InChI=1S/C23H18F5N5O3/c1-11-15(9-30-33(11)2)22(20(35)31-21(36)32-22)10-29-19(34)14-7-8-16(24)18(25)17(14)12-3-5-13(6-4-12)23(26,27)28/h3-9H,10H2,1-2H3,(H,29,34)(H2,31,32,35,36)/t22-/m0/s1. The lowest BCUT2D eigenvalue weighted by Gasteiger charge is -2.26. The van der Waals surface area contributed by atoms with Crippen molar-refractivity contribution in [2.24, 2.45) is 7.05 Å². The molecule has 1 aliphatic heterocycles. The third kappa shape index (κ3) is 4.16. The van der Waals surface area contributed by atoms with Gasteiger partial charge in [0.1, 0.15) is 0 Å². The van der Waals surface area contributed by atoms with Gasteiger partial charge < -0.3 is 10.6 Å². The first-order valence-electron chi connectivity index (χ1n) is 10.4. The van der Waals surface area contributed by atoms with Crippen LogP contribution >= 0.6 is 0 Å². The van der Waals surface area contributed by atoms with Gasteiger partial charge >= 0.3 is 12.2 Å². The SMILES string of the molecule is Cc1c([C@]2(CNC(=O)c3ccc(F)c(F)c3-c3ccc(C(F)(F)F)cc3)NC(=O)NC2=O)cnn1C. The molecule has 0 unspecified atom stereocenters. The summed E-state index contributed by atoms with van der Waals surface area (Å²) in [5.41, 5.74) is -3.07. The Balaban J connectivity index is 1.70. The fourth-order valence-electron chi connectivity index (χ4n) is 3.97. The number of rotatable bonds is 5. The zero-order chi connectivity index (χ0) is 26.4. The van der Waals surface area contributed by atoms with Crippen LogP contribution < -0.4 is 16.0 Å². The fourth-order valence-corrected chi connectivity index (χ4v) is 3.97. The summed E-state index contributed by atoms with van der Waals surface area (Å²) in [7, 11) is 1.61. The van der Waals surface area contributed by atoms with E-state index in [1.165, 1.54) is 10.9 Å². The number of aryl methyl sites for hydroxylation is 1. The van der Waals surface area contributed by atoms with E-state index in [4.69, 9.17) is 0 Å². The van der Waals surface area contributed by atoms with E-state index in [2.05, 4.69) is 21.0 Å². The van der Waals surface area contributed by atoms with Gasteiger partial charge in [-0.25, -0.2) is 13.6 Å². The van der Waals surface area contributed by atoms with Gasteiger partial charge in [-0.15, -0.1) is 0 Å². The van der Waals surface area contributed by atoms with Crippen molar-refractivity contribution in [3.63, 3.8) is 0 Å². The highest BCUT2D eigenvalue weighted by Gasteiger charge is 2.50. The second kappa shape index (κ2) is 8.73. The van der Waals surface area contributed by atoms with Crippen molar-refractivity contribution in [1.82, 2.24) is 25.7 Å². The third-order valence-electron chi connectivity index (χ3n) is 5.99. The molecule has 0 bridgehead atoms. The molecule has 3 N–H and O–H groups in total. The smallest absolute Gasteiger partial charge is 0.349 e. The summed E-state index contributed by atoms with van der Waals surface area (Å²) in [6.45, 7) is 1.16. The number of carbonyl (C=O) groups excluding carboxylic acids is 3. The molecule has 4 rings (SSSR count). The maximum atomic E-state index is 14.8. The van der Waals surface area contributed by atoms with Gasteiger partial charge in [-0.2, -0.15) is 18.3 Å². The molecule has 0 radical (unpaired) electrons. The Hall–Kier alpha value is -4.29. The minimum atomic E-state index is -4.65. The minimum Gasteiger partial charge on any atom is -0.349 e. The Morgan fingerprint density at radius 2 is 1.78 bits per heavy atom. The zero-order valence-electron chi connectivity index (χ0n) is 18.8. The largest absolute Gasteiger partial charge is 0.416 e. The van der Waals surface area contributed by atoms with E-state index in [-0.39, 0.29) is 5.56 Å². The van der Waals surface area contributed by atoms with Crippen LogP contribution in [0.1, 0.15) is 27.2 Å². The normalized spacial score (nSPS) is 17.6. The topological polar surface area (TPSA) is 105 Å². The van der Waals surface area contributed by atoms with E-state index in [9.17, 15) is 36.3 Å². The highest BCUT2D eigenvalue weighted by molar-refractivity contribution is 6.08. The van der Waals surface area contributed by atoms with Crippen molar-refractivity contribution in [2.45, 2.75) is 18.6 Å². The molecule has 36 heavy (non-hydrogen) atoms. The van der Waals surface area contributed by atoms with Gasteiger partial charge in [0, 0.05) is 23.9 Å². The van der Waals surface area contributed by atoms with E-state index in [1.807, 2.05) is 0 Å². The van der Waals surface area contributed by atoms with Crippen molar-refractivity contribution in [3.05, 3.63) is 76.6 Å². The summed E-state index contributed by atoms with van der Waals surface area (Å²) in [6.07, 6.45) is -3.30. The number of hydrogen-bond donors (Lipinski definition) is 3. The van der Waals surface area contributed by atoms with Gasteiger partial charge in [0.15, 0.2) is 17.2 Å². The number of hydrogen-bond acceptors (Lipinski definition) is 4. The van der Waals surface area contributed by atoms with Gasteiger partial charge in [0.2, 0.25) is 0 Å². The molecule has 4 amide bonds. The number of halogens is 5. The average Bonchev–Trinajstić information content (AvgIpc) is 3.31. The summed E-state index contributed by atoms with van der Waals surface area (Å²) < 4.78 is 69.0. The van der Waals surface area contributed by atoms with Gasteiger partial charge in [0.25, 0.3) is 11.8 Å². The first-order chi connectivity index (χ1) is 16.8. The highest BCUT2D eigenvalue weighted by atomic mass is 19.4. The number of carbonyl (C=O) groups is 3. The van der Waals surface area contributed by atoms with Gasteiger partial charge in [-0.3, -0.25) is 19.6 Å². The van der Waals surface area contributed by atoms with Crippen LogP contribution in [-0.4, -0.2) is 34.2 Å². The van der Waals surface area contributed by atoms with E-state index >= 15 is 0 Å². The fraction of sp³-hybridized carbons (Fsp3) is 0.217. The zero-order valence-corrected chi connectivity index (χ0v) is 18.8. The van der Waals surface area contributed by atoms with E-state index in [0.29, 0.717) is 29.5 Å². The van der Waals surface area contributed by atoms with Crippen LogP contribution in [0.4, 0.5) is 26.7 Å². The molecule has 2 aromatic carbocycles. The highest BCUT2D eigenvalue weighted by Crippen LogP contribution is 2.34. The number of nitrogens with zero attached hydrogens (tertiary/aromatic N) is 2. The van der Waals surface area contributed by atoms with Crippen molar-refractivity contribution in [2.75, 3.05) is 6.54 Å². The van der Waals surface area contributed by atoms with Crippen LogP contribution in [0.5, 0.6) is 0 Å².